The van der Waals surface area contributed by atoms with Gasteiger partial charge in [0, 0.05) is 18.5 Å². The van der Waals surface area contributed by atoms with Crippen molar-refractivity contribution in [1.29, 1.82) is 0 Å². The molecule has 3 aliphatic heterocycles. The first-order valence-corrected chi connectivity index (χ1v) is 12.5. The summed E-state index contributed by atoms with van der Waals surface area (Å²) in [5.41, 5.74) is -1.53. The van der Waals surface area contributed by atoms with Gasteiger partial charge in [0.2, 0.25) is 11.3 Å². The summed E-state index contributed by atoms with van der Waals surface area (Å²) in [6.07, 6.45) is 3.17. The molecule has 186 valence electrons. The number of nitrogens with one attached hydrogen (secondary N) is 1. The number of thioether (sulfide) groups is 2. The largest absolute Gasteiger partial charge is 0.478 e. The van der Waals surface area contributed by atoms with Crippen LogP contribution in [0.3, 0.4) is 0 Å². The van der Waals surface area contributed by atoms with Crippen molar-refractivity contribution in [3.8, 4) is 0 Å². The number of fused-ring (bicyclic) bond motifs is 1. The maximum absolute atomic E-state index is 13.0. The molecule has 12 nitrogen and oxygen atoms in total. The zero-order chi connectivity index (χ0) is 25.3. The molecule has 1 aromatic heterocycles. The zero-order valence-electron chi connectivity index (χ0n) is 18.7. The molecule has 0 spiro atoms. The van der Waals surface area contributed by atoms with Gasteiger partial charge >= 0.3 is 11.9 Å². The van der Waals surface area contributed by atoms with Crippen LogP contribution < -0.4 is 5.32 Å². The van der Waals surface area contributed by atoms with Crippen LogP contribution in [0.4, 0.5) is 0 Å². The topological polar surface area (TPSA) is 162 Å². The van der Waals surface area contributed by atoms with Crippen LogP contribution >= 0.6 is 23.5 Å². The van der Waals surface area contributed by atoms with Gasteiger partial charge < -0.3 is 29.7 Å². The molecule has 2 amide bonds. The number of hydrogen-bond acceptors (Lipinski definition) is 10. The van der Waals surface area contributed by atoms with E-state index < -0.39 is 40.8 Å². The molecule has 0 aromatic carbocycles. The first-order chi connectivity index (χ1) is 16.6. The highest BCUT2D eigenvalue weighted by Gasteiger charge is 2.54. The Bertz CT molecular complexity index is 1140. The molecule has 0 unspecified atom stereocenters. The Morgan fingerprint density at radius 2 is 2.11 bits per heavy atom. The predicted molar refractivity (Wildman–Crippen MR) is 126 cm³/mol. The number of amides is 2. The number of carboxylic acid groups (broad SMARTS) is 2. The molecule has 14 heteroatoms. The first-order valence-electron chi connectivity index (χ1n) is 10.4. The molecule has 1 aromatic rings. The number of carboxylic acids is 2. The SMILES string of the molecule is CC(C)(ON=C(C(=O)N[C@@H]1C(=O)N2C(C(=O)O)=C(CN3C=CSC3)CS[C@H]12)c1ccco1)C(=O)O. The van der Waals surface area contributed by atoms with Gasteiger partial charge in [0.25, 0.3) is 11.8 Å². The molecule has 2 atom stereocenters. The Morgan fingerprint density at radius 1 is 1.34 bits per heavy atom. The lowest BCUT2D eigenvalue weighted by atomic mass is 10.0. The summed E-state index contributed by atoms with van der Waals surface area (Å²) in [6.45, 7) is 2.91. The second-order valence-electron chi connectivity index (χ2n) is 8.27. The zero-order valence-corrected chi connectivity index (χ0v) is 20.3. The van der Waals surface area contributed by atoms with Crippen LogP contribution in [0.15, 0.2) is 50.8 Å². The summed E-state index contributed by atoms with van der Waals surface area (Å²) in [7, 11) is 0. The van der Waals surface area contributed by atoms with E-state index in [4.69, 9.17) is 9.25 Å². The molecular weight excluding hydrogens is 500 g/mol. The fraction of sp³-hybridized carbons (Fsp3) is 0.381. The average Bonchev–Trinajstić information content (AvgIpc) is 3.51. The number of β-lactam (4-membered cyclic amide) rings is 1. The number of carbonyl (C=O) groups is 4. The number of furan rings is 1. The normalized spacial score (nSPS) is 22.1. The van der Waals surface area contributed by atoms with Crippen molar-refractivity contribution in [2.24, 2.45) is 5.16 Å². The van der Waals surface area contributed by atoms with Crippen LogP contribution in [-0.2, 0) is 24.0 Å². The van der Waals surface area contributed by atoms with Crippen LogP contribution in [0.1, 0.15) is 19.6 Å². The lowest BCUT2D eigenvalue weighted by Crippen LogP contribution is -2.71. The van der Waals surface area contributed by atoms with Crippen LogP contribution in [-0.4, -0.2) is 84.7 Å². The second-order valence-corrected chi connectivity index (χ2v) is 10.2. The van der Waals surface area contributed by atoms with Crippen molar-refractivity contribution < 1.29 is 38.6 Å². The molecule has 4 heterocycles. The van der Waals surface area contributed by atoms with Crippen LogP contribution in [0, 0.1) is 0 Å². The smallest absolute Gasteiger partial charge is 0.352 e. The third kappa shape index (κ3) is 4.89. The monoisotopic (exact) mass is 522 g/mol. The maximum Gasteiger partial charge on any atom is 0.352 e. The minimum atomic E-state index is -1.72. The van der Waals surface area contributed by atoms with E-state index in [2.05, 4.69) is 10.5 Å². The highest BCUT2D eigenvalue weighted by atomic mass is 32.2. The van der Waals surface area contributed by atoms with E-state index in [9.17, 15) is 29.4 Å². The van der Waals surface area contributed by atoms with Gasteiger partial charge in [-0.2, -0.15) is 0 Å². The summed E-state index contributed by atoms with van der Waals surface area (Å²) >= 11 is 2.94. The van der Waals surface area contributed by atoms with Gasteiger partial charge in [-0.15, -0.1) is 23.5 Å². The molecular formula is C21H22N4O8S2. The maximum atomic E-state index is 13.0. The van der Waals surface area contributed by atoms with Crippen molar-refractivity contribution in [1.82, 2.24) is 15.1 Å². The molecule has 4 rings (SSSR count). The molecule has 3 N–H and O–H groups in total. The van der Waals surface area contributed by atoms with Crippen molar-refractivity contribution in [2.75, 3.05) is 18.2 Å². The van der Waals surface area contributed by atoms with Crippen molar-refractivity contribution in [3.63, 3.8) is 0 Å². The number of aliphatic carboxylic acids is 2. The van der Waals surface area contributed by atoms with E-state index >= 15 is 0 Å². The average molecular weight is 523 g/mol. The van der Waals surface area contributed by atoms with Crippen LogP contribution in [0.25, 0.3) is 0 Å². The molecule has 0 aliphatic carbocycles. The summed E-state index contributed by atoms with van der Waals surface area (Å²) in [5.74, 6) is -2.81. The van der Waals surface area contributed by atoms with Crippen molar-refractivity contribution in [3.05, 3.63) is 47.0 Å². The van der Waals surface area contributed by atoms with E-state index in [1.807, 2.05) is 16.5 Å². The van der Waals surface area contributed by atoms with Gasteiger partial charge in [0.15, 0.2) is 5.76 Å². The molecule has 0 radical (unpaired) electrons. The molecule has 1 saturated heterocycles. The Balaban J connectivity index is 1.52. The first kappa shape index (κ1) is 24.7. The van der Waals surface area contributed by atoms with Crippen LogP contribution in [0.2, 0.25) is 0 Å². The van der Waals surface area contributed by atoms with E-state index in [-0.39, 0.29) is 17.2 Å². The quantitative estimate of drug-likeness (QED) is 0.242. The van der Waals surface area contributed by atoms with Gasteiger partial charge in [-0.1, -0.05) is 5.16 Å². The van der Waals surface area contributed by atoms with Gasteiger partial charge in [0.05, 0.1) is 12.1 Å². The van der Waals surface area contributed by atoms with E-state index in [0.29, 0.717) is 23.7 Å². The number of hydrogen-bond donors (Lipinski definition) is 3. The highest BCUT2D eigenvalue weighted by Crippen LogP contribution is 2.40. The lowest BCUT2D eigenvalue weighted by Gasteiger charge is -2.49. The van der Waals surface area contributed by atoms with Crippen molar-refractivity contribution in [2.45, 2.75) is 30.9 Å². The fourth-order valence-electron chi connectivity index (χ4n) is 3.48. The summed E-state index contributed by atoms with van der Waals surface area (Å²) < 4.78 is 5.22. The second kappa shape index (κ2) is 9.70. The van der Waals surface area contributed by atoms with Gasteiger partial charge in [-0.3, -0.25) is 14.5 Å². The lowest BCUT2D eigenvalue weighted by molar-refractivity contribution is -0.161. The number of oxime groups is 1. The molecule has 0 bridgehead atoms. The van der Waals surface area contributed by atoms with Gasteiger partial charge in [0.1, 0.15) is 17.1 Å². The van der Waals surface area contributed by atoms with E-state index in [1.54, 1.807) is 11.8 Å². The summed E-state index contributed by atoms with van der Waals surface area (Å²) in [4.78, 5) is 57.5. The Kier molecular flexibility index (Phi) is 6.85. The highest BCUT2D eigenvalue weighted by molar-refractivity contribution is 8.02. The Labute approximate surface area is 208 Å². The van der Waals surface area contributed by atoms with Gasteiger partial charge in [-0.25, -0.2) is 9.59 Å². The molecule has 1 fully saturated rings. The molecule has 3 aliphatic rings. The third-order valence-corrected chi connectivity index (χ3v) is 7.52. The number of rotatable bonds is 9. The molecule has 0 saturated carbocycles. The summed E-state index contributed by atoms with van der Waals surface area (Å²) in [6, 6.07) is 1.94. The summed E-state index contributed by atoms with van der Waals surface area (Å²) in [5, 5.41) is 26.6. The predicted octanol–water partition coefficient (Wildman–Crippen LogP) is 1.08. The Hall–Kier alpha value is -3.39. The molecule has 35 heavy (non-hydrogen) atoms. The minimum absolute atomic E-state index is 0.00793. The Morgan fingerprint density at radius 3 is 2.71 bits per heavy atom. The van der Waals surface area contributed by atoms with Crippen molar-refractivity contribution >= 4 is 53.0 Å². The third-order valence-electron chi connectivity index (χ3n) is 5.39. The van der Waals surface area contributed by atoms with E-state index in [1.165, 1.54) is 48.9 Å². The number of carbonyl (C=O) groups excluding carboxylic acids is 2. The number of nitrogens with zero attached hydrogens (tertiary/aromatic N) is 3. The van der Waals surface area contributed by atoms with Crippen LogP contribution in [0.5, 0.6) is 0 Å². The minimum Gasteiger partial charge on any atom is -0.478 e. The van der Waals surface area contributed by atoms with E-state index in [0.717, 1.165) is 0 Å². The standard InChI is InChI=1S/C21H22N4O8S2/c1-21(2,20(30)31)33-23-13(12-4-3-6-32-12)16(26)22-14-17(27)25-15(19(28)29)11(9-35-18(14)25)8-24-5-7-34-10-24/h3-7,14,18H,8-10H2,1-2H3,(H,22,26)(H,28,29)(H,30,31)/t14-,18-/m1/s1. The fourth-order valence-corrected chi connectivity index (χ4v) is 5.53. The van der Waals surface area contributed by atoms with Gasteiger partial charge in [-0.05, 0) is 37.0 Å².